The summed E-state index contributed by atoms with van der Waals surface area (Å²) in [4.78, 5) is 18.8. The number of pyridine rings is 1. The number of likely N-dealkylation sites (tertiary alicyclic amines) is 1. The number of fused-ring (bicyclic) bond motifs is 1. The Morgan fingerprint density at radius 2 is 1.78 bits per heavy atom. The molecular formula is C27H30N2O3. The van der Waals surface area contributed by atoms with Gasteiger partial charge in [-0.1, -0.05) is 18.2 Å². The lowest BCUT2D eigenvalue weighted by atomic mass is 10.0. The predicted molar refractivity (Wildman–Crippen MR) is 126 cm³/mol. The molecule has 2 aliphatic rings. The predicted octanol–water partition coefficient (Wildman–Crippen LogP) is 5.47. The van der Waals surface area contributed by atoms with Crippen molar-refractivity contribution < 1.29 is 14.3 Å². The van der Waals surface area contributed by atoms with E-state index >= 15 is 0 Å². The zero-order valence-corrected chi connectivity index (χ0v) is 18.8. The van der Waals surface area contributed by atoms with Crippen molar-refractivity contribution in [3.63, 3.8) is 0 Å². The van der Waals surface area contributed by atoms with Gasteiger partial charge in [-0.15, -0.1) is 0 Å². The van der Waals surface area contributed by atoms with Gasteiger partial charge in [0, 0.05) is 49.0 Å². The summed E-state index contributed by atoms with van der Waals surface area (Å²) in [5.41, 5.74) is 3.06. The lowest BCUT2D eigenvalue weighted by molar-refractivity contribution is -0.134. The Balaban J connectivity index is 1.29. The largest absolute Gasteiger partial charge is 0.490 e. The van der Waals surface area contributed by atoms with Gasteiger partial charge in [0.1, 0.15) is 17.6 Å². The molecule has 5 heteroatoms. The van der Waals surface area contributed by atoms with Crippen LogP contribution in [0.2, 0.25) is 0 Å². The van der Waals surface area contributed by atoms with Crippen molar-refractivity contribution in [3.8, 4) is 22.6 Å². The van der Waals surface area contributed by atoms with Crippen molar-refractivity contribution in [3.05, 3.63) is 54.7 Å². The number of benzene rings is 2. The molecule has 32 heavy (non-hydrogen) atoms. The summed E-state index contributed by atoms with van der Waals surface area (Å²) >= 11 is 0. The van der Waals surface area contributed by atoms with Gasteiger partial charge in [-0.05, 0) is 62.6 Å². The van der Waals surface area contributed by atoms with Gasteiger partial charge in [0.25, 0.3) is 0 Å². The van der Waals surface area contributed by atoms with Crippen molar-refractivity contribution in [1.82, 2.24) is 9.88 Å². The van der Waals surface area contributed by atoms with E-state index in [1.807, 2.05) is 43.1 Å². The van der Waals surface area contributed by atoms with Crippen LogP contribution in [0.5, 0.6) is 11.5 Å². The number of rotatable bonds is 6. The Bertz CT molecular complexity index is 1100. The van der Waals surface area contributed by atoms with Crippen molar-refractivity contribution in [2.75, 3.05) is 13.1 Å². The van der Waals surface area contributed by atoms with E-state index in [1.165, 1.54) is 0 Å². The van der Waals surface area contributed by atoms with Crippen LogP contribution in [0.3, 0.4) is 0 Å². The fourth-order valence-electron chi connectivity index (χ4n) is 4.36. The molecule has 0 unspecified atom stereocenters. The molecule has 1 saturated heterocycles. The number of carbonyl (C=O) groups excluding carboxylic acids is 1. The van der Waals surface area contributed by atoms with E-state index in [0.717, 1.165) is 72.3 Å². The highest BCUT2D eigenvalue weighted by atomic mass is 16.5. The molecule has 2 heterocycles. The van der Waals surface area contributed by atoms with Crippen LogP contribution in [-0.4, -0.2) is 41.1 Å². The average Bonchev–Trinajstić information content (AvgIpc) is 3.64. The summed E-state index contributed by atoms with van der Waals surface area (Å²) in [5.74, 6) is 2.37. The molecule has 3 aromatic rings. The van der Waals surface area contributed by atoms with Crippen LogP contribution in [0.25, 0.3) is 22.0 Å². The second kappa shape index (κ2) is 8.81. The second-order valence-corrected chi connectivity index (χ2v) is 9.15. The normalized spacial score (nSPS) is 17.0. The molecule has 1 aliphatic heterocycles. The Morgan fingerprint density at radius 3 is 2.47 bits per heavy atom. The SMILES string of the molecule is CC(C)Oc1cc2cccnc2cc1-c1ccc(OC2CCN(C(=O)C3CC3)CC2)cc1. The maximum atomic E-state index is 12.2. The molecule has 1 amide bonds. The molecule has 2 fully saturated rings. The van der Waals surface area contributed by atoms with Gasteiger partial charge in [-0.2, -0.15) is 0 Å². The first-order valence-corrected chi connectivity index (χ1v) is 11.7. The molecular weight excluding hydrogens is 400 g/mol. The zero-order chi connectivity index (χ0) is 22.1. The number of carbonyl (C=O) groups is 1. The summed E-state index contributed by atoms with van der Waals surface area (Å²) in [7, 11) is 0. The van der Waals surface area contributed by atoms with Crippen molar-refractivity contribution >= 4 is 16.8 Å². The lowest BCUT2D eigenvalue weighted by Crippen LogP contribution is -2.42. The molecule has 0 bridgehead atoms. The summed E-state index contributed by atoms with van der Waals surface area (Å²) in [5, 5.41) is 1.07. The zero-order valence-electron chi connectivity index (χ0n) is 18.8. The number of ether oxygens (including phenoxy) is 2. The average molecular weight is 431 g/mol. The van der Waals surface area contributed by atoms with E-state index in [9.17, 15) is 4.79 Å². The van der Waals surface area contributed by atoms with Gasteiger partial charge >= 0.3 is 0 Å². The Labute approximate surface area is 189 Å². The van der Waals surface area contributed by atoms with Crippen LogP contribution in [0, 0.1) is 5.92 Å². The third kappa shape index (κ3) is 4.57. The maximum absolute atomic E-state index is 12.2. The smallest absolute Gasteiger partial charge is 0.225 e. The standard InChI is InChI=1S/C27H30N2O3/c1-18(2)31-26-16-21-4-3-13-28-25(21)17-24(26)19-7-9-22(10-8-19)32-23-11-14-29(15-12-23)27(30)20-5-6-20/h3-4,7-10,13,16-18,20,23H,5-6,11-12,14-15H2,1-2H3. The highest BCUT2D eigenvalue weighted by Gasteiger charge is 2.35. The van der Waals surface area contributed by atoms with E-state index in [2.05, 4.69) is 35.3 Å². The number of aromatic nitrogens is 1. The highest BCUT2D eigenvalue weighted by Crippen LogP contribution is 2.36. The Morgan fingerprint density at radius 1 is 1.03 bits per heavy atom. The third-order valence-electron chi connectivity index (χ3n) is 6.22. The molecule has 1 aliphatic carbocycles. The molecule has 1 saturated carbocycles. The number of hydrogen-bond donors (Lipinski definition) is 0. The highest BCUT2D eigenvalue weighted by molar-refractivity contribution is 5.88. The van der Waals surface area contributed by atoms with Crippen LogP contribution in [0.4, 0.5) is 0 Å². The molecule has 0 N–H and O–H groups in total. The van der Waals surface area contributed by atoms with E-state index in [0.29, 0.717) is 11.8 Å². The lowest BCUT2D eigenvalue weighted by Gasteiger charge is -2.32. The molecule has 0 radical (unpaired) electrons. The first-order chi connectivity index (χ1) is 15.6. The van der Waals surface area contributed by atoms with E-state index in [-0.39, 0.29) is 12.2 Å². The van der Waals surface area contributed by atoms with Gasteiger partial charge in [0.15, 0.2) is 0 Å². The number of piperidine rings is 1. The van der Waals surface area contributed by atoms with Gasteiger partial charge in [0.05, 0.1) is 11.6 Å². The first-order valence-electron chi connectivity index (χ1n) is 11.7. The Kier molecular flexibility index (Phi) is 5.73. The topological polar surface area (TPSA) is 51.7 Å². The maximum Gasteiger partial charge on any atom is 0.225 e. The van der Waals surface area contributed by atoms with Crippen LogP contribution in [0.1, 0.15) is 39.5 Å². The van der Waals surface area contributed by atoms with E-state index in [1.54, 1.807) is 0 Å². The molecule has 0 atom stereocenters. The fourth-order valence-corrected chi connectivity index (χ4v) is 4.36. The number of nitrogens with zero attached hydrogens (tertiary/aromatic N) is 2. The molecule has 5 nitrogen and oxygen atoms in total. The van der Waals surface area contributed by atoms with Crippen molar-refractivity contribution in [2.45, 2.75) is 51.7 Å². The van der Waals surface area contributed by atoms with Gasteiger partial charge < -0.3 is 14.4 Å². The quantitative estimate of drug-likeness (QED) is 0.520. The fraction of sp³-hybridized carbons (Fsp3) is 0.407. The monoisotopic (exact) mass is 430 g/mol. The van der Waals surface area contributed by atoms with Crippen LogP contribution in [-0.2, 0) is 4.79 Å². The third-order valence-corrected chi connectivity index (χ3v) is 6.22. The van der Waals surface area contributed by atoms with Crippen molar-refractivity contribution in [1.29, 1.82) is 0 Å². The summed E-state index contributed by atoms with van der Waals surface area (Å²) in [6.45, 7) is 5.69. The molecule has 0 spiro atoms. The Hall–Kier alpha value is -3.08. The van der Waals surface area contributed by atoms with Gasteiger partial charge in [-0.25, -0.2) is 0 Å². The summed E-state index contributed by atoms with van der Waals surface area (Å²) in [6.07, 6.45) is 5.98. The number of amides is 1. The van der Waals surface area contributed by atoms with E-state index < -0.39 is 0 Å². The van der Waals surface area contributed by atoms with Crippen LogP contribution in [0.15, 0.2) is 54.7 Å². The minimum absolute atomic E-state index is 0.0862. The number of hydrogen-bond acceptors (Lipinski definition) is 4. The second-order valence-electron chi connectivity index (χ2n) is 9.15. The van der Waals surface area contributed by atoms with Crippen molar-refractivity contribution in [2.24, 2.45) is 5.92 Å². The van der Waals surface area contributed by atoms with Gasteiger partial charge in [0.2, 0.25) is 5.91 Å². The minimum Gasteiger partial charge on any atom is -0.490 e. The summed E-state index contributed by atoms with van der Waals surface area (Å²) < 4.78 is 12.4. The van der Waals surface area contributed by atoms with Gasteiger partial charge in [-0.3, -0.25) is 9.78 Å². The summed E-state index contributed by atoms with van der Waals surface area (Å²) in [6, 6.07) is 16.4. The molecule has 1 aromatic heterocycles. The molecule has 166 valence electrons. The minimum atomic E-state index is 0.0862. The van der Waals surface area contributed by atoms with E-state index in [4.69, 9.17) is 9.47 Å². The molecule has 2 aromatic carbocycles. The molecule has 5 rings (SSSR count). The first kappa shape index (κ1) is 20.8. The van der Waals surface area contributed by atoms with Crippen LogP contribution >= 0.6 is 0 Å². The van der Waals surface area contributed by atoms with Crippen LogP contribution < -0.4 is 9.47 Å².